The van der Waals surface area contributed by atoms with Gasteiger partial charge in [0.1, 0.15) is 0 Å². The summed E-state index contributed by atoms with van der Waals surface area (Å²) in [5, 5.41) is 4.78. The summed E-state index contributed by atoms with van der Waals surface area (Å²) in [6.45, 7) is -2.37. The van der Waals surface area contributed by atoms with Crippen LogP contribution in [0.15, 0.2) is 41.8 Å². The molecule has 0 aliphatic rings. The van der Waals surface area contributed by atoms with Gasteiger partial charge in [0.25, 0.3) is 0 Å². The Labute approximate surface area is 142 Å². The molecule has 0 saturated carbocycles. The van der Waals surface area contributed by atoms with E-state index in [1.54, 1.807) is 23.5 Å². The van der Waals surface area contributed by atoms with Crippen LogP contribution in [-0.2, 0) is 11.2 Å². The molecule has 1 aromatic heterocycles. The first-order valence-corrected chi connectivity index (χ1v) is 8.07. The Bertz CT molecular complexity index is 687. The minimum atomic E-state index is -2.92. The lowest BCUT2D eigenvalue weighted by Crippen LogP contribution is -2.23. The van der Waals surface area contributed by atoms with Gasteiger partial charge in [0.15, 0.2) is 11.5 Å². The molecule has 24 heavy (non-hydrogen) atoms. The number of hydrogen-bond donors (Lipinski definition) is 1. The highest BCUT2D eigenvalue weighted by atomic mass is 32.1. The first-order valence-electron chi connectivity index (χ1n) is 7.19. The fourth-order valence-corrected chi connectivity index (χ4v) is 2.68. The Morgan fingerprint density at radius 3 is 2.83 bits per heavy atom. The van der Waals surface area contributed by atoms with Gasteiger partial charge in [-0.05, 0) is 41.6 Å². The zero-order valence-corrected chi connectivity index (χ0v) is 13.8. The van der Waals surface area contributed by atoms with E-state index >= 15 is 0 Å². The van der Waals surface area contributed by atoms with Gasteiger partial charge in [-0.1, -0.05) is 12.1 Å². The summed E-state index contributed by atoms with van der Waals surface area (Å²) in [5.41, 5.74) is 0.641. The van der Waals surface area contributed by atoms with Gasteiger partial charge >= 0.3 is 6.61 Å². The molecular weight excluding hydrogens is 336 g/mol. The number of nitrogens with one attached hydrogen (secondary N) is 1. The number of benzene rings is 1. The lowest BCUT2D eigenvalue weighted by molar-refractivity contribution is -0.116. The van der Waals surface area contributed by atoms with Crippen molar-refractivity contribution in [3.8, 4) is 11.5 Å². The fourth-order valence-electron chi connectivity index (χ4n) is 1.98. The van der Waals surface area contributed by atoms with Crippen molar-refractivity contribution in [2.75, 3.05) is 13.7 Å². The van der Waals surface area contributed by atoms with Gasteiger partial charge in [-0.3, -0.25) is 4.79 Å². The molecule has 0 atom stereocenters. The van der Waals surface area contributed by atoms with E-state index in [0.717, 1.165) is 6.42 Å². The SMILES string of the molecule is COc1cc(/C=C/C(=O)NCCc2cccs2)ccc1OC(F)F. The summed E-state index contributed by atoms with van der Waals surface area (Å²) >= 11 is 1.65. The van der Waals surface area contributed by atoms with Gasteiger partial charge in [-0.2, -0.15) is 8.78 Å². The number of ether oxygens (including phenoxy) is 2. The molecule has 0 spiro atoms. The molecular formula is C17H17F2NO3S. The Hall–Kier alpha value is -2.41. The van der Waals surface area contributed by atoms with Crippen LogP contribution in [0, 0.1) is 0 Å². The number of carbonyl (C=O) groups excluding carboxylic acids is 1. The monoisotopic (exact) mass is 353 g/mol. The zero-order chi connectivity index (χ0) is 17.4. The summed E-state index contributed by atoms with van der Waals surface area (Å²) in [6.07, 6.45) is 3.75. The van der Waals surface area contributed by atoms with Crippen molar-refractivity contribution in [2.24, 2.45) is 0 Å². The highest BCUT2D eigenvalue weighted by molar-refractivity contribution is 7.09. The fraction of sp³-hybridized carbons (Fsp3) is 0.235. The minimum Gasteiger partial charge on any atom is -0.493 e. The van der Waals surface area contributed by atoms with E-state index in [4.69, 9.17) is 4.74 Å². The van der Waals surface area contributed by atoms with Gasteiger partial charge in [-0.15, -0.1) is 11.3 Å². The number of alkyl halides is 2. The second-order valence-corrected chi connectivity index (χ2v) is 5.77. The smallest absolute Gasteiger partial charge is 0.387 e. The number of amides is 1. The van der Waals surface area contributed by atoms with Crippen LogP contribution >= 0.6 is 11.3 Å². The maximum absolute atomic E-state index is 12.3. The molecule has 7 heteroatoms. The van der Waals surface area contributed by atoms with E-state index in [1.165, 1.54) is 30.2 Å². The number of carbonyl (C=O) groups is 1. The molecule has 4 nitrogen and oxygen atoms in total. The zero-order valence-electron chi connectivity index (χ0n) is 13.0. The highest BCUT2D eigenvalue weighted by Gasteiger charge is 2.10. The molecule has 1 amide bonds. The third-order valence-corrected chi connectivity index (χ3v) is 4.02. The Balaban J connectivity index is 1.89. The number of hydrogen-bond acceptors (Lipinski definition) is 4. The van der Waals surface area contributed by atoms with E-state index in [0.29, 0.717) is 12.1 Å². The van der Waals surface area contributed by atoms with Gasteiger partial charge in [0.05, 0.1) is 7.11 Å². The normalized spacial score (nSPS) is 11.0. The number of thiophene rings is 1. The van der Waals surface area contributed by atoms with Crippen molar-refractivity contribution < 1.29 is 23.0 Å². The largest absolute Gasteiger partial charge is 0.493 e. The van der Waals surface area contributed by atoms with E-state index < -0.39 is 6.61 Å². The molecule has 1 heterocycles. The van der Waals surface area contributed by atoms with Crippen molar-refractivity contribution in [1.82, 2.24) is 5.32 Å². The van der Waals surface area contributed by atoms with Crippen LogP contribution in [0.1, 0.15) is 10.4 Å². The van der Waals surface area contributed by atoms with Gasteiger partial charge in [-0.25, -0.2) is 0 Å². The molecule has 0 aliphatic heterocycles. The molecule has 0 bridgehead atoms. The summed E-state index contributed by atoms with van der Waals surface area (Å²) in [5.74, 6) is -0.0981. The van der Waals surface area contributed by atoms with Crippen LogP contribution in [0.5, 0.6) is 11.5 Å². The average Bonchev–Trinajstić information content (AvgIpc) is 3.06. The van der Waals surface area contributed by atoms with Crippen molar-refractivity contribution in [2.45, 2.75) is 13.0 Å². The lowest BCUT2D eigenvalue weighted by atomic mass is 10.2. The molecule has 1 N–H and O–H groups in total. The first kappa shape index (κ1) is 17.9. The maximum atomic E-state index is 12.3. The van der Waals surface area contributed by atoms with Crippen LogP contribution in [0.2, 0.25) is 0 Å². The van der Waals surface area contributed by atoms with Crippen LogP contribution in [-0.4, -0.2) is 26.2 Å². The summed E-state index contributed by atoms with van der Waals surface area (Å²) in [6, 6.07) is 8.45. The molecule has 0 fully saturated rings. The van der Waals surface area contributed by atoms with Gasteiger partial charge in [0, 0.05) is 17.5 Å². The molecule has 2 aromatic rings. The topological polar surface area (TPSA) is 47.6 Å². The molecule has 2 rings (SSSR count). The number of halogens is 2. The van der Waals surface area contributed by atoms with Crippen LogP contribution in [0.4, 0.5) is 8.78 Å². The third kappa shape index (κ3) is 5.66. The number of methoxy groups -OCH3 is 1. The van der Waals surface area contributed by atoms with Crippen LogP contribution in [0.25, 0.3) is 6.08 Å². The molecule has 1 aromatic carbocycles. The van der Waals surface area contributed by atoms with Crippen molar-refractivity contribution in [3.63, 3.8) is 0 Å². The summed E-state index contributed by atoms with van der Waals surface area (Å²) in [4.78, 5) is 13.0. The molecule has 0 radical (unpaired) electrons. The van der Waals surface area contributed by atoms with Crippen LogP contribution in [0.3, 0.4) is 0 Å². The summed E-state index contributed by atoms with van der Waals surface area (Å²) < 4.78 is 33.9. The minimum absolute atomic E-state index is 0.0509. The average molecular weight is 353 g/mol. The van der Waals surface area contributed by atoms with Crippen molar-refractivity contribution >= 4 is 23.3 Å². The predicted octanol–water partition coefficient (Wildman–Crippen LogP) is 3.73. The van der Waals surface area contributed by atoms with Crippen molar-refractivity contribution in [1.29, 1.82) is 0 Å². The predicted molar refractivity (Wildman–Crippen MR) is 89.7 cm³/mol. The molecule has 0 aliphatic carbocycles. The molecule has 0 saturated heterocycles. The van der Waals surface area contributed by atoms with Gasteiger partial charge in [0.2, 0.25) is 5.91 Å². The van der Waals surface area contributed by atoms with E-state index in [1.807, 2.05) is 17.5 Å². The summed E-state index contributed by atoms with van der Waals surface area (Å²) in [7, 11) is 1.36. The first-order chi connectivity index (χ1) is 11.6. The van der Waals surface area contributed by atoms with Crippen LogP contribution < -0.4 is 14.8 Å². The quantitative estimate of drug-likeness (QED) is 0.736. The molecule has 128 valence electrons. The Morgan fingerprint density at radius 2 is 2.17 bits per heavy atom. The maximum Gasteiger partial charge on any atom is 0.387 e. The van der Waals surface area contributed by atoms with Gasteiger partial charge < -0.3 is 14.8 Å². The number of rotatable bonds is 8. The molecule has 0 unspecified atom stereocenters. The van der Waals surface area contributed by atoms with E-state index in [2.05, 4.69) is 10.1 Å². The third-order valence-electron chi connectivity index (χ3n) is 3.08. The van der Waals surface area contributed by atoms with Crippen molar-refractivity contribution in [3.05, 3.63) is 52.2 Å². The standard InChI is InChI=1S/C17H17F2NO3S/c1-22-15-11-12(4-6-14(15)23-17(18)19)5-7-16(21)20-9-8-13-3-2-10-24-13/h2-7,10-11,17H,8-9H2,1H3,(H,20,21)/b7-5+. The Morgan fingerprint density at radius 1 is 1.33 bits per heavy atom. The lowest BCUT2D eigenvalue weighted by Gasteiger charge is -2.10. The Kier molecular flexibility index (Phi) is 6.74. The second kappa shape index (κ2) is 9.02. The van der Waals surface area contributed by atoms with E-state index in [9.17, 15) is 13.6 Å². The second-order valence-electron chi connectivity index (χ2n) is 4.74. The van der Waals surface area contributed by atoms with E-state index in [-0.39, 0.29) is 17.4 Å². The highest BCUT2D eigenvalue weighted by Crippen LogP contribution is 2.29.